The van der Waals surface area contributed by atoms with Gasteiger partial charge in [0.15, 0.2) is 0 Å². The molecule has 0 saturated heterocycles. The van der Waals surface area contributed by atoms with Crippen molar-refractivity contribution in [2.45, 2.75) is 34.2 Å². The van der Waals surface area contributed by atoms with Crippen LogP contribution in [0, 0.1) is 20.8 Å². The number of aryl methyl sites for hydroxylation is 3. The fourth-order valence-electron chi connectivity index (χ4n) is 1.92. The van der Waals surface area contributed by atoms with Gasteiger partial charge in [0.05, 0.1) is 6.61 Å². The molecular formula is C14H23NO. The first kappa shape index (κ1) is 13.2. The van der Waals surface area contributed by atoms with E-state index in [0.29, 0.717) is 0 Å². The maximum absolute atomic E-state index is 8.97. The summed E-state index contributed by atoms with van der Waals surface area (Å²) in [5.41, 5.74) is 5.42. The Morgan fingerprint density at radius 3 is 2.25 bits per heavy atom. The van der Waals surface area contributed by atoms with Crippen LogP contribution in [0.4, 0.5) is 0 Å². The van der Waals surface area contributed by atoms with Gasteiger partial charge in [-0.1, -0.05) is 19.1 Å². The minimum Gasteiger partial charge on any atom is -0.395 e. The van der Waals surface area contributed by atoms with Gasteiger partial charge in [-0.05, 0) is 49.6 Å². The molecule has 1 aromatic rings. The lowest BCUT2D eigenvalue weighted by Crippen LogP contribution is -2.26. The third kappa shape index (κ3) is 3.32. The number of benzene rings is 1. The summed E-state index contributed by atoms with van der Waals surface area (Å²) in [6.07, 6.45) is 0. The van der Waals surface area contributed by atoms with Gasteiger partial charge in [0.25, 0.3) is 0 Å². The van der Waals surface area contributed by atoms with Crippen LogP contribution in [0.1, 0.15) is 29.2 Å². The Morgan fingerprint density at radius 2 is 1.69 bits per heavy atom. The average Bonchev–Trinajstić information content (AvgIpc) is 2.25. The van der Waals surface area contributed by atoms with Gasteiger partial charge >= 0.3 is 0 Å². The Kier molecular flexibility index (Phi) is 4.97. The van der Waals surface area contributed by atoms with Crippen molar-refractivity contribution in [1.82, 2.24) is 4.90 Å². The predicted octanol–water partition coefficient (Wildman–Crippen LogP) is 2.43. The second-order valence-corrected chi connectivity index (χ2v) is 4.46. The molecule has 0 aromatic heterocycles. The molecule has 2 nitrogen and oxygen atoms in total. The monoisotopic (exact) mass is 221 g/mol. The predicted molar refractivity (Wildman–Crippen MR) is 68.7 cm³/mol. The molecule has 0 spiro atoms. The number of likely N-dealkylation sites (N-methyl/N-ethyl adjacent to an activating group) is 1. The van der Waals surface area contributed by atoms with E-state index in [-0.39, 0.29) is 6.61 Å². The summed E-state index contributed by atoms with van der Waals surface area (Å²) in [6.45, 7) is 11.5. The molecule has 0 bridgehead atoms. The molecule has 90 valence electrons. The highest BCUT2D eigenvalue weighted by atomic mass is 16.3. The van der Waals surface area contributed by atoms with Crippen molar-refractivity contribution >= 4 is 0 Å². The van der Waals surface area contributed by atoms with Crippen LogP contribution in [-0.2, 0) is 6.54 Å². The minimum atomic E-state index is 0.234. The van der Waals surface area contributed by atoms with Crippen molar-refractivity contribution < 1.29 is 5.11 Å². The second-order valence-electron chi connectivity index (χ2n) is 4.46. The van der Waals surface area contributed by atoms with E-state index in [9.17, 15) is 0 Å². The van der Waals surface area contributed by atoms with Crippen LogP contribution in [0.3, 0.4) is 0 Å². The molecule has 0 aliphatic rings. The van der Waals surface area contributed by atoms with E-state index in [1.165, 1.54) is 22.3 Å². The number of hydrogen-bond acceptors (Lipinski definition) is 2. The van der Waals surface area contributed by atoms with E-state index in [1.807, 2.05) is 0 Å². The van der Waals surface area contributed by atoms with Gasteiger partial charge in [-0.3, -0.25) is 4.90 Å². The smallest absolute Gasteiger partial charge is 0.0558 e. The number of nitrogens with zero attached hydrogens (tertiary/aromatic N) is 1. The lowest BCUT2D eigenvalue weighted by atomic mass is 10.0. The molecule has 2 heteroatoms. The van der Waals surface area contributed by atoms with Crippen LogP contribution in [0.15, 0.2) is 12.1 Å². The molecular weight excluding hydrogens is 198 g/mol. The summed E-state index contributed by atoms with van der Waals surface area (Å²) < 4.78 is 0. The number of rotatable bonds is 5. The SMILES string of the molecule is CCN(CCO)Cc1cc(C)c(C)cc1C. The van der Waals surface area contributed by atoms with Crippen LogP contribution in [0.25, 0.3) is 0 Å². The van der Waals surface area contributed by atoms with E-state index in [1.54, 1.807) is 0 Å². The summed E-state index contributed by atoms with van der Waals surface area (Å²) >= 11 is 0. The zero-order valence-corrected chi connectivity index (χ0v) is 10.9. The van der Waals surface area contributed by atoms with E-state index in [4.69, 9.17) is 5.11 Å². The van der Waals surface area contributed by atoms with Gasteiger partial charge in [0, 0.05) is 13.1 Å². The van der Waals surface area contributed by atoms with E-state index in [0.717, 1.165) is 19.6 Å². The molecule has 0 saturated carbocycles. The first-order chi connectivity index (χ1) is 7.58. The summed E-state index contributed by atoms with van der Waals surface area (Å²) in [4.78, 5) is 2.26. The largest absolute Gasteiger partial charge is 0.395 e. The molecule has 0 unspecified atom stereocenters. The average molecular weight is 221 g/mol. The Balaban J connectivity index is 2.83. The molecule has 16 heavy (non-hydrogen) atoms. The van der Waals surface area contributed by atoms with Gasteiger partial charge in [-0.25, -0.2) is 0 Å². The highest BCUT2D eigenvalue weighted by Crippen LogP contribution is 2.16. The number of aliphatic hydroxyl groups excluding tert-OH is 1. The lowest BCUT2D eigenvalue weighted by molar-refractivity contribution is 0.196. The molecule has 1 aromatic carbocycles. The van der Waals surface area contributed by atoms with E-state index >= 15 is 0 Å². The molecule has 1 rings (SSSR count). The van der Waals surface area contributed by atoms with Gasteiger partial charge in [0.2, 0.25) is 0 Å². The van der Waals surface area contributed by atoms with Crippen molar-refractivity contribution in [3.63, 3.8) is 0 Å². The van der Waals surface area contributed by atoms with Crippen molar-refractivity contribution in [1.29, 1.82) is 0 Å². The third-order valence-corrected chi connectivity index (χ3v) is 3.21. The van der Waals surface area contributed by atoms with Crippen molar-refractivity contribution in [2.24, 2.45) is 0 Å². The quantitative estimate of drug-likeness (QED) is 0.825. The molecule has 0 heterocycles. The first-order valence-corrected chi connectivity index (χ1v) is 5.98. The van der Waals surface area contributed by atoms with E-state index in [2.05, 4.69) is 44.7 Å². The molecule has 0 radical (unpaired) electrons. The maximum Gasteiger partial charge on any atom is 0.0558 e. The topological polar surface area (TPSA) is 23.5 Å². The van der Waals surface area contributed by atoms with E-state index < -0.39 is 0 Å². The minimum absolute atomic E-state index is 0.234. The maximum atomic E-state index is 8.97. The highest BCUT2D eigenvalue weighted by Gasteiger charge is 2.06. The van der Waals surface area contributed by atoms with Crippen LogP contribution < -0.4 is 0 Å². The highest BCUT2D eigenvalue weighted by molar-refractivity contribution is 5.36. The Hall–Kier alpha value is -0.860. The van der Waals surface area contributed by atoms with Crippen LogP contribution in [0.5, 0.6) is 0 Å². The van der Waals surface area contributed by atoms with Gasteiger partial charge in [0.1, 0.15) is 0 Å². The fraction of sp³-hybridized carbons (Fsp3) is 0.571. The fourth-order valence-corrected chi connectivity index (χ4v) is 1.92. The summed E-state index contributed by atoms with van der Waals surface area (Å²) in [6, 6.07) is 4.52. The number of aliphatic hydroxyl groups is 1. The van der Waals surface area contributed by atoms with Crippen LogP contribution in [0.2, 0.25) is 0 Å². The van der Waals surface area contributed by atoms with Gasteiger partial charge in [-0.15, -0.1) is 0 Å². The third-order valence-electron chi connectivity index (χ3n) is 3.21. The summed E-state index contributed by atoms with van der Waals surface area (Å²) in [7, 11) is 0. The van der Waals surface area contributed by atoms with Crippen LogP contribution >= 0.6 is 0 Å². The Bertz CT molecular complexity index is 347. The standard InChI is InChI=1S/C14H23NO/c1-5-15(6-7-16)10-14-9-12(3)11(2)8-13(14)4/h8-9,16H,5-7,10H2,1-4H3. The number of hydrogen-bond donors (Lipinski definition) is 1. The summed E-state index contributed by atoms with van der Waals surface area (Å²) in [5.74, 6) is 0. The molecule has 0 fully saturated rings. The zero-order chi connectivity index (χ0) is 12.1. The van der Waals surface area contributed by atoms with Gasteiger partial charge < -0.3 is 5.11 Å². The summed E-state index contributed by atoms with van der Waals surface area (Å²) in [5, 5.41) is 8.97. The molecule has 0 aliphatic heterocycles. The zero-order valence-electron chi connectivity index (χ0n) is 10.9. The normalized spacial score (nSPS) is 11.1. The molecule has 0 amide bonds. The molecule has 1 N–H and O–H groups in total. The van der Waals surface area contributed by atoms with Crippen molar-refractivity contribution in [3.8, 4) is 0 Å². The second kappa shape index (κ2) is 6.02. The van der Waals surface area contributed by atoms with Crippen molar-refractivity contribution in [3.05, 3.63) is 34.4 Å². The lowest BCUT2D eigenvalue weighted by Gasteiger charge is -2.21. The Labute approximate surface area is 98.9 Å². The van der Waals surface area contributed by atoms with Crippen molar-refractivity contribution in [2.75, 3.05) is 19.7 Å². The van der Waals surface area contributed by atoms with Gasteiger partial charge in [-0.2, -0.15) is 0 Å². The molecule has 0 atom stereocenters. The Morgan fingerprint density at radius 1 is 1.06 bits per heavy atom. The first-order valence-electron chi connectivity index (χ1n) is 5.98. The molecule has 0 aliphatic carbocycles. The van der Waals surface area contributed by atoms with Crippen LogP contribution in [-0.4, -0.2) is 29.7 Å².